The van der Waals surface area contributed by atoms with Crippen LogP contribution >= 0.6 is 0 Å². The van der Waals surface area contributed by atoms with Gasteiger partial charge in [-0.15, -0.1) is 6.58 Å². The Labute approximate surface area is 65.4 Å². The summed E-state index contributed by atoms with van der Waals surface area (Å²) in [7, 11) is 0. The number of allylic oxidation sites excluding steroid dienone is 1. The maximum atomic E-state index is 9.23. The summed E-state index contributed by atoms with van der Waals surface area (Å²) in [5.41, 5.74) is 0.694. The molecule has 0 bridgehead atoms. The molecular formula is C9H10O2. The molecule has 0 fully saturated rings. The Morgan fingerprint density at radius 2 is 2.09 bits per heavy atom. The molecule has 0 aliphatic carbocycles. The van der Waals surface area contributed by atoms with E-state index >= 15 is 0 Å². The van der Waals surface area contributed by atoms with Gasteiger partial charge >= 0.3 is 0 Å². The van der Waals surface area contributed by atoms with Gasteiger partial charge in [0.25, 0.3) is 0 Å². The summed E-state index contributed by atoms with van der Waals surface area (Å²) in [4.78, 5) is 0. The third kappa shape index (κ3) is 1.52. The molecule has 2 heteroatoms. The van der Waals surface area contributed by atoms with Crippen molar-refractivity contribution in [3.63, 3.8) is 0 Å². The average molecular weight is 150 g/mol. The van der Waals surface area contributed by atoms with E-state index in [2.05, 4.69) is 6.58 Å². The van der Waals surface area contributed by atoms with Gasteiger partial charge in [0.1, 0.15) is 0 Å². The summed E-state index contributed by atoms with van der Waals surface area (Å²) in [6.45, 7) is 3.53. The highest BCUT2D eigenvalue weighted by Crippen LogP contribution is 2.28. The summed E-state index contributed by atoms with van der Waals surface area (Å²) < 4.78 is 0. The fraction of sp³-hybridized carbons (Fsp3) is 0.111. The second-order valence-electron chi connectivity index (χ2n) is 2.28. The van der Waals surface area contributed by atoms with Gasteiger partial charge in [0, 0.05) is 5.56 Å². The van der Waals surface area contributed by atoms with Crippen molar-refractivity contribution in [3.05, 3.63) is 36.4 Å². The summed E-state index contributed by atoms with van der Waals surface area (Å²) in [5, 5.41) is 18.3. The Hall–Kier alpha value is -1.44. The zero-order valence-corrected chi connectivity index (χ0v) is 6.12. The van der Waals surface area contributed by atoms with E-state index < -0.39 is 0 Å². The first-order valence-corrected chi connectivity index (χ1v) is 3.36. The Morgan fingerprint density at radius 3 is 2.73 bits per heavy atom. The summed E-state index contributed by atoms with van der Waals surface area (Å²) in [6, 6.07) is 4.88. The highest BCUT2D eigenvalue weighted by molar-refractivity contribution is 5.44. The van der Waals surface area contributed by atoms with Crippen LogP contribution in [0.2, 0.25) is 0 Å². The van der Waals surface area contributed by atoms with Gasteiger partial charge in [0.05, 0.1) is 0 Å². The summed E-state index contributed by atoms with van der Waals surface area (Å²) >= 11 is 0. The van der Waals surface area contributed by atoms with Crippen molar-refractivity contribution in [2.24, 2.45) is 0 Å². The molecule has 0 radical (unpaired) electrons. The molecule has 0 amide bonds. The lowest BCUT2D eigenvalue weighted by molar-refractivity contribution is 0.400. The Bertz CT molecular complexity index is 266. The van der Waals surface area contributed by atoms with E-state index in [9.17, 15) is 5.11 Å². The Morgan fingerprint density at radius 1 is 1.36 bits per heavy atom. The van der Waals surface area contributed by atoms with Gasteiger partial charge in [-0.3, -0.25) is 0 Å². The van der Waals surface area contributed by atoms with Crippen LogP contribution in [-0.2, 0) is 6.42 Å². The predicted octanol–water partition coefficient (Wildman–Crippen LogP) is 1.83. The summed E-state index contributed by atoms with van der Waals surface area (Å²) in [6.07, 6.45) is 2.24. The quantitative estimate of drug-likeness (QED) is 0.498. The van der Waals surface area contributed by atoms with Gasteiger partial charge in [-0.05, 0) is 12.5 Å². The van der Waals surface area contributed by atoms with Crippen LogP contribution < -0.4 is 0 Å². The monoisotopic (exact) mass is 150 g/mol. The number of hydrogen-bond acceptors (Lipinski definition) is 2. The largest absolute Gasteiger partial charge is 0.504 e. The maximum absolute atomic E-state index is 9.23. The normalized spacial score (nSPS) is 9.45. The Kier molecular flexibility index (Phi) is 2.16. The van der Waals surface area contributed by atoms with Crippen LogP contribution in [0.15, 0.2) is 30.9 Å². The predicted molar refractivity (Wildman–Crippen MR) is 43.7 cm³/mol. The minimum atomic E-state index is -0.0793. The van der Waals surface area contributed by atoms with Gasteiger partial charge in [-0.25, -0.2) is 0 Å². The summed E-state index contributed by atoms with van der Waals surface area (Å²) in [5.74, 6) is -0.128. The number of aromatic hydroxyl groups is 2. The van der Waals surface area contributed by atoms with Crippen LogP contribution in [0, 0.1) is 0 Å². The average Bonchev–Trinajstić information content (AvgIpc) is 1.99. The molecule has 58 valence electrons. The lowest BCUT2D eigenvalue weighted by atomic mass is 10.1. The highest BCUT2D eigenvalue weighted by Gasteiger charge is 2.02. The van der Waals surface area contributed by atoms with Crippen molar-refractivity contribution in [2.45, 2.75) is 6.42 Å². The Balaban J connectivity index is 3.05. The molecule has 0 saturated heterocycles. The molecule has 1 rings (SSSR count). The standard InChI is InChI=1S/C9H10O2/c1-2-4-7-5-3-6-8(10)9(7)11/h2-3,5-6,10-11H,1,4H2. The van der Waals surface area contributed by atoms with Crippen molar-refractivity contribution in [3.8, 4) is 11.5 Å². The van der Waals surface area contributed by atoms with E-state index in [-0.39, 0.29) is 11.5 Å². The molecule has 0 aliphatic heterocycles. The topological polar surface area (TPSA) is 40.5 Å². The van der Waals surface area contributed by atoms with Crippen LogP contribution in [0.4, 0.5) is 0 Å². The molecule has 0 spiro atoms. The van der Waals surface area contributed by atoms with Gasteiger partial charge in [0.2, 0.25) is 0 Å². The van der Waals surface area contributed by atoms with Gasteiger partial charge in [-0.2, -0.15) is 0 Å². The molecule has 1 aromatic carbocycles. The molecule has 0 unspecified atom stereocenters. The van der Waals surface area contributed by atoms with E-state index in [1.54, 1.807) is 18.2 Å². The van der Waals surface area contributed by atoms with Crippen LogP contribution in [0.5, 0.6) is 11.5 Å². The lowest BCUT2D eigenvalue weighted by Crippen LogP contribution is -1.81. The molecule has 0 heterocycles. The molecule has 0 saturated carbocycles. The number of phenols is 2. The van der Waals surface area contributed by atoms with E-state index in [0.29, 0.717) is 12.0 Å². The number of benzene rings is 1. The minimum Gasteiger partial charge on any atom is -0.504 e. The smallest absolute Gasteiger partial charge is 0.160 e. The first-order chi connectivity index (χ1) is 5.25. The van der Waals surface area contributed by atoms with Crippen LogP contribution in [0.1, 0.15) is 5.56 Å². The minimum absolute atomic E-state index is 0.0487. The fourth-order valence-electron chi connectivity index (χ4n) is 0.898. The number of para-hydroxylation sites is 1. The van der Waals surface area contributed by atoms with E-state index in [1.165, 1.54) is 6.07 Å². The SMILES string of the molecule is C=CCc1cccc(O)c1O. The molecule has 1 aromatic rings. The number of hydrogen-bond donors (Lipinski definition) is 2. The van der Waals surface area contributed by atoms with E-state index in [0.717, 1.165) is 0 Å². The van der Waals surface area contributed by atoms with Crippen LogP contribution in [0.25, 0.3) is 0 Å². The molecule has 2 nitrogen and oxygen atoms in total. The first-order valence-electron chi connectivity index (χ1n) is 3.36. The van der Waals surface area contributed by atoms with E-state index in [4.69, 9.17) is 5.11 Å². The van der Waals surface area contributed by atoms with Crippen LogP contribution in [0.3, 0.4) is 0 Å². The molecule has 2 N–H and O–H groups in total. The molecular weight excluding hydrogens is 140 g/mol. The molecule has 0 aliphatic rings. The molecule has 0 atom stereocenters. The number of rotatable bonds is 2. The second kappa shape index (κ2) is 3.10. The van der Waals surface area contributed by atoms with E-state index in [1.807, 2.05) is 0 Å². The van der Waals surface area contributed by atoms with Crippen molar-refractivity contribution in [1.82, 2.24) is 0 Å². The zero-order valence-electron chi connectivity index (χ0n) is 6.12. The molecule has 0 aromatic heterocycles. The van der Waals surface area contributed by atoms with Gasteiger partial charge in [0.15, 0.2) is 11.5 Å². The second-order valence-corrected chi connectivity index (χ2v) is 2.28. The third-order valence-electron chi connectivity index (χ3n) is 1.46. The highest BCUT2D eigenvalue weighted by atomic mass is 16.3. The number of phenolic OH excluding ortho intramolecular Hbond substituents is 2. The zero-order chi connectivity index (χ0) is 8.27. The first kappa shape index (κ1) is 7.66. The fourth-order valence-corrected chi connectivity index (χ4v) is 0.898. The third-order valence-corrected chi connectivity index (χ3v) is 1.46. The van der Waals surface area contributed by atoms with Crippen molar-refractivity contribution in [1.29, 1.82) is 0 Å². The maximum Gasteiger partial charge on any atom is 0.160 e. The van der Waals surface area contributed by atoms with Gasteiger partial charge < -0.3 is 10.2 Å². The van der Waals surface area contributed by atoms with Crippen molar-refractivity contribution >= 4 is 0 Å². The van der Waals surface area contributed by atoms with Crippen molar-refractivity contribution in [2.75, 3.05) is 0 Å². The van der Waals surface area contributed by atoms with Gasteiger partial charge in [-0.1, -0.05) is 18.2 Å². The molecule has 11 heavy (non-hydrogen) atoms. The van der Waals surface area contributed by atoms with Crippen LogP contribution in [-0.4, -0.2) is 10.2 Å². The van der Waals surface area contributed by atoms with Crippen molar-refractivity contribution < 1.29 is 10.2 Å². The lowest BCUT2D eigenvalue weighted by Gasteiger charge is -2.01.